The predicted molar refractivity (Wildman–Crippen MR) is 88.5 cm³/mol. The Bertz CT molecular complexity index is 758. The SMILES string of the molecule is CC(=O)Nc1ccc(O)c(-c2cc(C3CCC3)n(C3CC3)n2)c1. The maximum atomic E-state index is 11.2. The van der Waals surface area contributed by atoms with E-state index in [0.717, 1.165) is 5.69 Å². The van der Waals surface area contributed by atoms with E-state index in [4.69, 9.17) is 5.10 Å². The number of aromatic hydroxyl groups is 1. The minimum Gasteiger partial charge on any atom is -0.507 e. The number of carbonyl (C=O) groups excluding carboxylic acids is 1. The number of hydrogen-bond donors (Lipinski definition) is 2. The molecule has 0 radical (unpaired) electrons. The molecule has 0 aliphatic heterocycles. The number of nitrogens with one attached hydrogen (secondary N) is 1. The number of anilines is 1. The number of amides is 1. The van der Waals surface area contributed by atoms with Crippen LogP contribution in [-0.4, -0.2) is 20.8 Å². The van der Waals surface area contributed by atoms with Crippen molar-refractivity contribution in [2.24, 2.45) is 0 Å². The Kier molecular flexibility index (Phi) is 3.36. The van der Waals surface area contributed by atoms with Gasteiger partial charge in [-0.25, -0.2) is 0 Å². The van der Waals surface area contributed by atoms with Crippen molar-refractivity contribution in [2.75, 3.05) is 5.32 Å². The molecule has 2 fully saturated rings. The van der Waals surface area contributed by atoms with E-state index in [9.17, 15) is 9.90 Å². The van der Waals surface area contributed by atoms with Gasteiger partial charge < -0.3 is 10.4 Å². The van der Waals surface area contributed by atoms with Gasteiger partial charge in [-0.1, -0.05) is 6.42 Å². The first-order valence-corrected chi connectivity index (χ1v) is 8.32. The average Bonchev–Trinajstić information content (AvgIpc) is 3.20. The van der Waals surface area contributed by atoms with Crippen molar-refractivity contribution in [3.05, 3.63) is 30.0 Å². The third-order valence-electron chi connectivity index (χ3n) is 4.77. The van der Waals surface area contributed by atoms with E-state index < -0.39 is 0 Å². The zero-order valence-electron chi connectivity index (χ0n) is 13.2. The van der Waals surface area contributed by atoms with Crippen LogP contribution >= 0.6 is 0 Å². The van der Waals surface area contributed by atoms with Crippen LogP contribution in [0, 0.1) is 0 Å². The van der Waals surface area contributed by atoms with Crippen LogP contribution < -0.4 is 5.32 Å². The highest BCUT2D eigenvalue weighted by atomic mass is 16.3. The van der Waals surface area contributed by atoms with Gasteiger partial charge in [0.2, 0.25) is 5.91 Å². The fourth-order valence-corrected chi connectivity index (χ4v) is 3.18. The highest BCUT2D eigenvalue weighted by Gasteiger charge is 2.32. The average molecular weight is 311 g/mol. The summed E-state index contributed by atoms with van der Waals surface area (Å²) in [4.78, 5) is 11.2. The second-order valence-corrected chi connectivity index (χ2v) is 6.67. The summed E-state index contributed by atoms with van der Waals surface area (Å²) in [6.07, 6.45) is 6.14. The number of carbonyl (C=O) groups is 1. The largest absolute Gasteiger partial charge is 0.507 e. The first-order chi connectivity index (χ1) is 11.1. The number of rotatable bonds is 4. The lowest BCUT2D eigenvalue weighted by Crippen LogP contribution is -2.14. The molecule has 2 N–H and O–H groups in total. The molecule has 1 aromatic carbocycles. The van der Waals surface area contributed by atoms with Gasteiger partial charge >= 0.3 is 0 Å². The Morgan fingerprint density at radius 2 is 2.04 bits per heavy atom. The Labute approximate surface area is 135 Å². The van der Waals surface area contributed by atoms with E-state index in [2.05, 4.69) is 16.1 Å². The molecule has 2 aliphatic carbocycles. The zero-order valence-corrected chi connectivity index (χ0v) is 13.2. The third kappa shape index (κ3) is 2.71. The Morgan fingerprint density at radius 1 is 1.26 bits per heavy atom. The van der Waals surface area contributed by atoms with Crippen molar-refractivity contribution in [1.82, 2.24) is 9.78 Å². The molecule has 5 heteroatoms. The smallest absolute Gasteiger partial charge is 0.221 e. The van der Waals surface area contributed by atoms with Crippen molar-refractivity contribution < 1.29 is 9.90 Å². The molecule has 0 bridgehead atoms. The minimum atomic E-state index is -0.125. The molecule has 120 valence electrons. The van der Waals surface area contributed by atoms with Gasteiger partial charge in [0.25, 0.3) is 0 Å². The molecular weight excluding hydrogens is 290 g/mol. The zero-order chi connectivity index (χ0) is 16.0. The Morgan fingerprint density at radius 3 is 2.65 bits per heavy atom. The highest BCUT2D eigenvalue weighted by Crippen LogP contribution is 2.44. The summed E-state index contributed by atoms with van der Waals surface area (Å²) in [5, 5.41) is 17.8. The van der Waals surface area contributed by atoms with Crippen LogP contribution in [0.1, 0.15) is 56.7 Å². The van der Waals surface area contributed by atoms with Crippen LogP contribution in [0.5, 0.6) is 5.75 Å². The molecule has 0 saturated heterocycles. The summed E-state index contributed by atoms with van der Waals surface area (Å²) in [6, 6.07) is 7.75. The lowest BCUT2D eigenvalue weighted by molar-refractivity contribution is -0.114. The van der Waals surface area contributed by atoms with E-state index in [-0.39, 0.29) is 11.7 Å². The first kappa shape index (κ1) is 14.3. The van der Waals surface area contributed by atoms with Crippen LogP contribution in [0.25, 0.3) is 11.3 Å². The second kappa shape index (κ2) is 5.41. The van der Waals surface area contributed by atoms with Crippen LogP contribution in [0.4, 0.5) is 5.69 Å². The van der Waals surface area contributed by atoms with E-state index in [0.29, 0.717) is 23.2 Å². The molecule has 0 spiro atoms. The molecule has 0 atom stereocenters. The molecule has 0 unspecified atom stereocenters. The monoisotopic (exact) mass is 311 g/mol. The molecule has 2 aromatic rings. The van der Waals surface area contributed by atoms with Crippen LogP contribution in [0.15, 0.2) is 24.3 Å². The highest BCUT2D eigenvalue weighted by molar-refractivity contribution is 5.90. The van der Waals surface area contributed by atoms with Gasteiger partial charge in [0.15, 0.2) is 0 Å². The number of phenolic OH excluding ortho intramolecular Hbond substituents is 1. The van der Waals surface area contributed by atoms with Crippen molar-refractivity contribution in [3.8, 4) is 17.0 Å². The fourth-order valence-electron chi connectivity index (χ4n) is 3.18. The quantitative estimate of drug-likeness (QED) is 0.844. The minimum absolute atomic E-state index is 0.125. The fraction of sp³-hybridized carbons (Fsp3) is 0.444. The van der Waals surface area contributed by atoms with Gasteiger partial charge in [-0.2, -0.15) is 5.10 Å². The molecule has 2 aliphatic rings. The van der Waals surface area contributed by atoms with Crippen LogP contribution in [-0.2, 0) is 4.79 Å². The summed E-state index contributed by atoms with van der Waals surface area (Å²) >= 11 is 0. The van der Waals surface area contributed by atoms with Gasteiger partial charge in [0, 0.05) is 29.8 Å². The van der Waals surface area contributed by atoms with Gasteiger partial charge in [0.05, 0.1) is 11.7 Å². The maximum absolute atomic E-state index is 11.2. The van der Waals surface area contributed by atoms with E-state index in [1.807, 2.05) is 0 Å². The summed E-state index contributed by atoms with van der Waals surface area (Å²) in [6.45, 7) is 1.48. The Hall–Kier alpha value is -2.30. The van der Waals surface area contributed by atoms with Crippen molar-refractivity contribution >= 4 is 11.6 Å². The normalized spacial score (nSPS) is 17.8. The predicted octanol–water partition coefficient (Wildman–Crippen LogP) is 3.82. The topological polar surface area (TPSA) is 67.2 Å². The summed E-state index contributed by atoms with van der Waals surface area (Å²) < 4.78 is 2.17. The first-order valence-electron chi connectivity index (χ1n) is 8.32. The molecule has 23 heavy (non-hydrogen) atoms. The summed E-state index contributed by atoms with van der Waals surface area (Å²) in [7, 11) is 0. The number of hydrogen-bond acceptors (Lipinski definition) is 3. The van der Waals surface area contributed by atoms with Crippen molar-refractivity contribution in [3.63, 3.8) is 0 Å². The molecular formula is C18H21N3O2. The molecule has 5 nitrogen and oxygen atoms in total. The van der Waals surface area contributed by atoms with E-state index in [1.54, 1.807) is 18.2 Å². The van der Waals surface area contributed by atoms with Crippen LogP contribution in [0.3, 0.4) is 0 Å². The molecule has 2 saturated carbocycles. The lowest BCUT2D eigenvalue weighted by Gasteiger charge is -2.26. The third-order valence-corrected chi connectivity index (χ3v) is 4.77. The number of nitrogens with zero attached hydrogens (tertiary/aromatic N) is 2. The number of benzene rings is 1. The van der Waals surface area contributed by atoms with Crippen molar-refractivity contribution in [1.29, 1.82) is 0 Å². The van der Waals surface area contributed by atoms with Gasteiger partial charge in [-0.3, -0.25) is 9.48 Å². The molecule has 1 heterocycles. The molecule has 1 amide bonds. The second-order valence-electron chi connectivity index (χ2n) is 6.67. The standard InChI is InChI=1S/C18H21N3O2/c1-11(22)19-13-5-8-18(23)15(9-13)16-10-17(12-3-2-4-12)21(20-16)14-6-7-14/h5,8-10,12,14,23H,2-4,6-7H2,1H3,(H,19,22). The van der Waals surface area contributed by atoms with Gasteiger partial charge in [-0.05, 0) is 49.9 Å². The maximum Gasteiger partial charge on any atom is 0.221 e. The molecule has 1 aromatic heterocycles. The van der Waals surface area contributed by atoms with E-state index >= 15 is 0 Å². The molecule has 4 rings (SSSR count). The van der Waals surface area contributed by atoms with Crippen molar-refractivity contribution in [2.45, 2.75) is 51.0 Å². The van der Waals surface area contributed by atoms with Gasteiger partial charge in [0.1, 0.15) is 5.75 Å². The summed E-state index contributed by atoms with van der Waals surface area (Å²) in [5.74, 6) is 0.678. The lowest BCUT2D eigenvalue weighted by atomic mass is 9.82. The number of phenols is 1. The van der Waals surface area contributed by atoms with Gasteiger partial charge in [-0.15, -0.1) is 0 Å². The van der Waals surface area contributed by atoms with Crippen LogP contribution in [0.2, 0.25) is 0 Å². The number of aromatic nitrogens is 2. The summed E-state index contributed by atoms with van der Waals surface area (Å²) in [5.41, 5.74) is 3.45. The Balaban J connectivity index is 1.73. The van der Waals surface area contributed by atoms with E-state index in [1.165, 1.54) is 44.7 Å².